The molecule has 0 unspecified atom stereocenters. The SMILES string of the molecule is C#Cc1cccc(-n2nnn(C)c2=O)c1COc1n[c-]cs1.CC#Cc1cccc(-n2nnn(C)c2=O)c1COc1n[c-]cs1.Cc1[c-]nc(OCc2c(Br)cccc2-n2nnn(C)c2=O)s1.Cc1[c-]nc(OCc2c(C)cccc2-n2nnn(C)c2=O)s1.Cc1[c-]nc(OCc2c(Cl)cccc2-n2nnn(C)c2=O)s1.[C-]#[N+]c1cccc(-n2nnn(C)c2=O)c1COc1n[c-]cs1.[Y].[Y].[Y].[Y].[Y].[Y]. The van der Waals surface area contributed by atoms with E-state index in [0.717, 1.165) is 65.6 Å². The maximum atomic E-state index is 12.1. The fourth-order valence-electron chi connectivity index (χ4n) is 11.5. The van der Waals surface area contributed by atoms with Crippen molar-refractivity contribution < 1.29 is 225 Å². The van der Waals surface area contributed by atoms with Crippen LogP contribution in [0.25, 0.3) is 39.0 Å². The molecule has 0 spiro atoms. The summed E-state index contributed by atoms with van der Waals surface area (Å²) < 4.78 is 48.8. The van der Waals surface area contributed by atoms with Crippen LogP contribution in [-0.4, -0.2) is 149 Å². The number of ether oxygens (including phenoxy) is 6. The van der Waals surface area contributed by atoms with E-state index in [4.69, 9.17) is 53.0 Å². The van der Waals surface area contributed by atoms with E-state index >= 15 is 0 Å². The summed E-state index contributed by atoms with van der Waals surface area (Å²) in [4.78, 5) is 103. The fraction of sp³-hybridized carbons (Fsp3) is 0.207. The van der Waals surface area contributed by atoms with E-state index in [1.807, 2.05) is 70.2 Å². The molecular formula is C82H67BrClN31O12S6Y6-6. The van der Waals surface area contributed by atoms with Crippen LogP contribution in [0.3, 0.4) is 0 Å². The van der Waals surface area contributed by atoms with Gasteiger partial charge in [-0.15, -0.1) is 49.5 Å². The Morgan fingerprint density at radius 3 is 0.993 bits per heavy atom. The molecule has 18 aromatic rings. The zero-order valence-electron chi connectivity index (χ0n) is 74.9. The molecule has 6 radical (unpaired) electrons. The number of aryl methyl sites for hydroxylation is 10. The molecule has 0 aliphatic carbocycles. The summed E-state index contributed by atoms with van der Waals surface area (Å²) in [5.74, 6) is 8.47. The van der Waals surface area contributed by atoms with Gasteiger partial charge in [-0.25, -0.2) is 102 Å². The van der Waals surface area contributed by atoms with Gasteiger partial charge in [0.2, 0.25) is 0 Å². The molecule has 0 saturated heterocycles. The number of terminal acetylenes is 1. The van der Waals surface area contributed by atoms with E-state index < -0.39 is 5.69 Å². The second-order valence-electron chi connectivity index (χ2n) is 26.7. The average molecular weight is 2520 g/mol. The Morgan fingerprint density at radius 2 is 0.662 bits per heavy atom. The third-order valence-corrected chi connectivity index (χ3v) is 23.4. The summed E-state index contributed by atoms with van der Waals surface area (Å²) in [6, 6.07) is 32.1. The monoisotopic (exact) mass is 2520 g/mol. The molecule has 0 fully saturated rings. The molecule has 696 valence electrons. The zero-order valence-corrected chi connectivity index (χ0v) is 99.1. The molecule has 0 aliphatic rings. The van der Waals surface area contributed by atoms with E-state index in [2.05, 4.69) is 168 Å². The van der Waals surface area contributed by atoms with Gasteiger partial charge < -0.3 is 58.3 Å². The van der Waals surface area contributed by atoms with Crippen molar-refractivity contribution in [3.05, 3.63) is 311 Å². The molecule has 0 atom stereocenters. The first-order valence-electron chi connectivity index (χ1n) is 38.3. The van der Waals surface area contributed by atoms with E-state index in [0.29, 0.717) is 105 Å². The average Bonchev–Trinajstić information content (AvgIpc) is 1.71. The minimum atomic E-state index is -0.397. The first-order chi connectivity index (χ1) is 64.3. The zero-order chi connectivity index (χ0) is 94.4. The standard InChI is InChI=1S/C15H12N5O2S.C14H14N5O2S.C14H10N5O2S.C13H11BrN5O2S.C13H11ClN5O2S.C13H9N6O2S.6Y/c1-3-5-11-6-4-7-13(20-15(21)19(2)17-18-20)12(11)10-22-14-16-8-9-23-14;1-9-5-4-6-12(19-14(20)18(3)16-17-19)11(9)8-21-13-15-7-10(2)22-13;1-3-10-5-4-6-12(19-14(20)18(2)16-17-19)11(10)9-21-13-15-7-8-22-13;2*1-8-6-15-12(22-8)21-7-9-10(14)4-3-5-11(9)19-13(20)18(2)16-17-19;1-14-10-4-3-5-11(19-13(20)18(2)16-17-19)9(10)8-21-12-15-6-7-22-12;;;;;;/h4,6-7,9H,10H2,1-2H3;4-6H,8H2,1-3H3;1,4-6,8H,9H2,2H3;2*3-5H,7H2,1-2H3;3-5,7H,8H2,2H3;;;;;;/q6*-1;;;;;;. The molecule has 12 aromatic heterocycles. The summed E-state index contributed by atoms with van der Waals surface area (Å²) in [6.45, 7) is 17.9. The fourth-order valence-corrected chi connectivity index (χ4v) is 15.2. The summed E-state index contributed by atoms with van der Waals surface area (Å²) in [5.41, 5.74) is 8.37. The van der Waals surface area contributed by atoms with Crippen molar-refractivity contribution in [2.24, 2.45) is 42.3 Å². The van der Waals surface area contributed by atoms with Crippen LogP contribution in [0, 0.1) is 95.6 Å². The van der Waals surface area contributed by atoms with E-state index in [1.54, 1.807) is 111 Å². The van der Waals surface area contributed by atoms with E-state index in [-0.39, 0.29) is 258 Å². The van der Waals surface area contributed by atoms with Crippen LogP contribution in [0.4, 0.5) is 5.69 Å². The Hall–Kier alpha value is -8.88. The van der Waals surface area contributed by atoms with E-state index in [9.17, 15) is 28.8 Å². The second-order valence-corrected chi connectivity index (χ2v) is 34.0. The van der Waals surface area contributed by atoms with Crippen LogP contribution in [-0.2, 0) is 278 Å². The normalized spacial score (nSPS) is 10.1. The van der Waals surface area contributed by atoms with Crippen molar-refractivity contribution in [2.75, 3.05) is 0 Å². The number of aromatic nitrogens is 30. The van der Waals surface area contributed by atoms with Crippen molar-refractivity contribution in [1.29, 1.82) is 0 Å². The van der Waals surface area contributed by atoms with Crippen LogP contribution in [0.2, 0.25) is 5.02 Å². The number of halogens is 2. The van der Waals surface area contributed by atoms with Crippen LogP contribution in [0.15, 0.2) is 159 Å². The maximum absolute atomic E-state index is 12.1. The Labute approximate surface area is 978 Å². The predicted octanol–water partition coefficient (Wildman–Crippen LogP) is 8.35. The third kappa shape index (κ3) is 30.4. The second kappa shape index (κ2) is 56.8. The number of tetrazole rings is 6. The van der Waals surface area contributed by atoms with Gasteiger partial charge in [0.05, 0.1) is 80.3 Å². The summed E-state index contributed by atoms with van der Waals surface area (Å²) in [5, 5.41) is 54.0. The molecule has 0 bridgehead atoms. The molecular weight excluding hydrogens is 2450 g/mol. The first-order valence-corrected chi connectivity index (χ1v) is 44.5. The minimum absolute atomic E-state index is 0. The third-order valence-electron chi connectivity index (χ3n) is 18.0. The number of rotatable bonds is 24. The van der Waals surface area contributed by atoms with Gasteiger partial charge in [0.1, 0.15) is 31.2 Å². The molecule has 0 N–H and O–H groups in total. The first kappa shape index (κ1) is 117. The van der Waals surface area contributed by atoms with Gasteiger partial charge in [-0.2, -0.15) is 56.2 Å². The Kier molecular flexibility index (Phi) is 47.9. The van der Waals surface area contributed by atoms with Gasteiger partial charge in [-0.1, -0.05) is 119 Å². The number of hydrogen-bond donors (Lipinski definition) is 0. The predicted molar refractivity (Wildman–Crippen MR) is 490 cm³/mol. The van der Waals surface area contributed by atoms with Gasteiger partial charge in [-0.3, -0.25) is 0 Å². The van der Waals surface area contributed by atoms with Crippen molar-refractivity contribution in [3.8, 4) is 89.5 Å². The minimum Gasteiger partial charge on any atom is -0.552 e. The van der Waals surface area contributed by atoms with Gasteiger partial charge in [0.15, 0.2) is 5.69 Å². The number of hydrogen-bond acceptors (Lipinski definition) is 36. The van der Waals surface area contributed by atoms with Gasteiger partial charge in [-0.05, 0) is 163 Å². The summed E-state index contributed by atoms with van der Waals surface area (Å²) in [7, 11) is 9.22. The Bertz CT molecular complexity index is 7160. The number of thiazole rings is 6. The smallest absolute Gasteiger partial charge is 0.368 e. The molecule has 0 amide bonds. The largest absolute Gasteiger partial charge is 0.552 e. The molecule has 57 heteroatoms. The molecule has 139 heavy (non-hydrogen) atoms. The molecule has 43 nitrogen and oxygen atoms in total. The maximum Gasteiger partial charge on any atom is 0.368 e. The van der Waals surface area contributed by atoms with Gasteiger partial charge in [0, 0.05) is 293 Å². The van der Waals surface area contributed by atoms with Gasteiger partial charge >= 0.3 is 34.1 Å². The van der Waals surface area contributed by atoms with Crippen LogP contribution < -0.4 is 62.6 Å². The van der Waals surface area contributed by atoms with Crippen LogP contribution in [0.5, 0.6) is 31.2 Å². The molecule has 0 aliphatic heterocycles. The quantitative estimate of drug-likeness (QED) is 0.0405. The van der Waals surface area contributed by atoms with Crippen LogP contribution in [0.1, 0.15) is 71.6 Å². The Morgan fingerprint density at radius 1 is 0.374 bits per heavy atom. The molecule has 0 saturated carbocycles. The summed E-state index contributed by atoms with van der Waals surface area (Å²) >= 11 is 17.9. The van der Waals surface area contributed by atoms with Crippen molar-refractivity contribution in [2.45, 2.75) is 74.3 Å². The Balaban J connectivity index is 0.000000225. The number of benzene rings is 6. The number of nitrogens with zero attached hydrogens (tertiary/aromatic N) is 31. The van der Waals surface area contributed by atoms with E-state index in [1.165, 1.54) is 127 Å². The van der Waals surface area contributed by atoms with Crippen molar-refractivity contribution in [1.82, 2.24) is 149 Å². The molecule has 18 rings (SSSR count). The van der Waals surface area contributed by atoms with Crippen LogP contribution >= 0.6 is 95.6 Å². The van der Waals surface area contributed by atoms with Crippen molar-refractivity contribution >= 4 is 101 Å². The molecule has 12 heterocycles. The van der Waals surface area contributed by atoms with Gasteiger partial charge in [0.25, 0.3) is 0 Å². The van der Waals surface area contributed by atoms with Crippen molar-refractivity contribution in [3.63, 3.8) is 0 Å². The summed E-state index contributed by atoms with van der Waals surface area (Å²) in [6.07, 6.45) is 22.0. The topological polar surface area (TPSA) is 453 Å². The molecule has 6 aromatic carbocycles.